The molecule has 15 heavy (non-hydrogen) atoms. The minimum Gasteiger partial charge on any atom is -0.392 e. The zero-order chi connectivity index (χ0) is 11.3. The van der Waals surface area contributed by atoms with Crippen LogP contribution in [0.25, 0.3) is 0 Å². The number of carbonyl (C=O) groups is 1. The Balaban J connectivity index is 2.41. The number of aromatic nitrogens is 1. The first-order valence-electron chi connectivity index (χ1n) is 4.96. The molecule has 5 nitrogen and oxygen atoms in total. The van der Waals surface area contributed by atoms with Crippen molar-refractivity contribution in [2.45, 2.75) is 25.0 Å². The summed E-state index contributed by atoms with van der Waals surface area (Å²) in [7, 11) is 0. The molecule has 1 rings (SSSR count). The van der Waals surface area contributed by atoms with Crippen molar-refractivity contribution in [3.05, 3.63) is 24.0 Å². The lowest BCUT2D eigenvalue weighted by molar-refractivity contribution is 0.0940. The summed E-state index contributed by atoms with van der Waals surface area (Å²) in [6.45, 7) is 0.198. The highest BCUT2D eigenvalue weighted by Gasteiger charge is 2.17. The topological polar surface area (TPSA) is 105 Å². The van der Waals surface area contributed by atoms with Crippen LogP contribution in [0.1, 0.15) is 23.3 Å². The molecule has 2 atom stereocenters. The Morgan fingerprint density at radius 3 is 2.80 bits per heavy atom. The van der Waals surface area contributed by atoms with Gasteiger partial charge >= 0.3 is 0 Å². The Labute approximate surface area is 88.5 Å². The molecular weight excluding hydrogens is 194 g/mol. The molecule has 0 amide bonds. The zero-order valence-electron chi connectivity index (χ0n) is 8.52. The van der Waals surface area contributed by atoms with Gasteiger partial charge in [-0.3, -0.25) is 4.79 Å². The van der Waals surface area contributed by atoms with Gasteiger partial charge in [0.15, 0.2) is 5.78 Å². The highest BCUT2D eigenvalue weighted by Crippen LogP contribution is 2.05. The van der Waals surface area contributed by atoms with Gasteiger partial charge in [-0.2, -0.15) is 0 Å². The van der Waals surface area contributed by atoms with Crippen LogP contribution < -0.4 is 11.5 Å². The summed E-state index contributed by atoms with van der Waals surface area (Å²) in [5.74, 6) is -0.135. The Morgan fingerprint density at radius 2 is 2.27 bits per heavy atom. The largest absolute Gasteiger partial charge is 0.392 e. The molecule has 0 aliphatic carbocycles. The van der Waals surface area contributed by atoms with Gasteiger partial charge in [-0.1, -0.05) is 0 Å². The number of Topliss-reactive ketones (excluding diaryl/α,β-unsaturated/α-hetero) is 1. The van der Waals surface area contributed by atoms with Crippen molar-refractivity contribution in [2.24, 2.45) is 11.5 Å². The molecule has 1 aromatic rings. The second-order valence-corrected chi connectivity index (χ2v) is 3.52. The molecule has 5 heteroatoms. The molecule has 1 heterocycles. The van der Waals surface area contributed by atoms with Crippen LogP contribution in [0.15, 0.2) is 18.3 Å². The maximum absolute atomic E-state index is 11.6. The van der Waals surface area contributed by atoms with Crippen LogP contribution in [-0.2, 0) is 0 Å². The average Bonchev–Trinajstić information content (AvgIpc) is 2.77. The van der Waals surface area contributed by atoms with Gasteiger partial charge in [-0.25, -0.2) is 0 Å². The molecular formula is C10H17N3O2. The number of aliphatic hydroxyl groups excluding tert-OH is 1. The SMILES string of the molecule is NC[C@H](O)CC[C@H](N)C(=O)c1ccc[nH]1. The summed E-state index contributed by atoms with van der Waals surface area (Å²) in [6, 6.07) is 2.85. The Morgan fingerprint density at radius 1 is 1.53 bits per heavy atom. The van der Waals surface area contributed by atoms with Crippen molar-refractivity contribution in [2.75, 3.05) is 6.54 Å². The third-order valence-electron chi connectivity index (χ3n) is 2.28. The predicted molar refractivity (Wildman–Crippen MR) is 57.4 cm³/mol. The van der Waals surface area contributed by atoms with Gasteiger partial charge in [0, 0.05) is 12.7 Å². The fourth-order valence-corrected chi connectivity index (χ4v) is 1.30. The summed E-state index contributed by atoms with van der Waals surface area (Å²) < 4.78 is 0. The van der Waals surface area contributed by atoms with Gasteiger partial charge in [0.25, 0.3) is 0 Å². The van der Waals surface area contributed by atoms with Crippen LogP contribution in [-0.4, -0.2) is 34.6 Å². The van der Waals surface area contributed by atoms with Crippen molar-refractivity contribution >= 4 is 5.78 Å². The van der Waals surface area contributed by atoms with E-state index >= 15 is 0 Å². The highest BCUT2D eigenvalue weighted by atomic mass is 16.3. The lowest BCUT2D eigenvalue weighted by atomic mass is 10.0. The van der Waals surface area contributed by atoms with Crippen LogP contribution in [0, 0.1) is 0 Å². The highest BCUT2D eigenvalue weighted by molar-refractivity contribution is 5.98. The number of carbonyl (C=O) groups excluding carboxylic acids is 1. The monoisotopic (exact) mass is 211 g/mol. The molecule has 0 aliphatic rings. The quantitative estimate of drug-likeness (QED) is 0.481. The Bertz CT molecular complexity index is 298. The summed E-state index contributed by atoms with van der Waals surface area (Å²) in [5, 5.41) is 9.22. The van der Waals surface area contributed by atoms with E-state index in [4.69, 9.17) is 11.5 Å². The van der Waals surface area contributed by atoms with E-state index in [2.05, 4.69) is 4.98 Å². The van der Waals surface area contributed by atoms with Crippen molar-refractivity contribution in [1.82, 2.24) is 4.98 Å². The number of H-pyrrole nitrogens is 1. The minimum atomic E-state index is -0.579. The summed E-state index contributed by atoms with van der Waals surface area (Å²) >= 11 is 0. The number of nitrogens with one attached hydrogen (secondary N) is 1. The first-order valence-corrected chi connectivity index (χ1v) is 4.96. The third kappa shape index (κ3) is 3.47. The number of hydrogen-bond acceptors (Lipinski definition) is 4. The summed E-state index contributed by atoms with van der Waals surface area (Å²) in [5.41, 5.74) is 11.4. The molecule has 0 radical (unpaired) electrons. The van der Waals surface area contributed by atoms with Gasteiger partial charge in [0.2, 0.25) is 0 Å². The van der Waals surface area contributed by atoms with E-state index in [1.807, 2.05) is 0 Å². The van der Waals surface area contributed by atoms with Crippen molar-refractivity contribution in [1.29, 1.82) is 0 Å². The molecule has 0 bridgehead atoms. The third-order valence-corrected chi connectivity index (χ3v) is 2.28. The fourth-order valence-electron chi connectivity index (χ4n) is 1.30. The van der Waals surface area contributed by atoms with Crippen LogP contribution in [0.3, 0.4) is 0 Å². The van der Waals surface area contributed by atoms with Crippen LogP contribution >= 0.6 is 0 Å². The minimum absolute atomic E-state index is 0.135. The van der Waals surface area contributed by atoms with Crippen molar-refractivity contribution in [3.8, 4) is 0 Å². The number of aromatic amines is 1. The molecule has 84 valence electrons. The van der Waals surface area contributed by atoms with Crippen LogP contribution in [0.4, 0.5) is 0 Å². The average molecular weight is 211 g/mol. The molecule has 0 aliphatic heterocycles. The second-order valence-electron chi connectivity index (χ2n) is 3.52. The fraction of sp³-hybridized carbons (Fsp3) is 0.500. The molecule has 0 spiro atoms. The van der Waals surface area contributed by atoms with E-state index in [1.54, 1.807) is 18.3 Å². The van der Waals surface area contributed by atoms with E-state index in [0.717, 1.165) is 0 Å². The number of aliphatic hydroxyl groups is 1. The Hall–Kier alpha value is -1.17. The molecule has 0 saturated heterocycles. The zero-order valence-corrected chi connectivity index (χ0v) is 8.52. The molecule has 0 fully saturated rings. The molecule has 0 unspecified atom stereocenters. The van der Waals surface area contributed by atoms with E-state index in [-0.39, 0.29) is 12.3 Å². The van der Waals surface area contributed by atoms with Crippen LogP contribution in [0.5, 0.6) is 0 Å². The number of nitrogens with two attached hydrogens (primary N) is 2. The summed E-state index contributed by atoms with van der Waals surface area (Å²) in [6.07, 6.45) is 1.99. The second kappa shape index (κ2) is 5.65. The lowest BCUT2D eigenvalue weighted by Crippen LogP contribution is -2.32. The molecule has 0 aromatic carbocycles. The molecule has 1 aromatic heterocycles. The van der Waals surface area contributed by atoms with Gasteiger partial charge in [0.05, 0.1) is 17.8 Å². The number of rotatable bonds is 6. The first kappa shape index (κ1) is 11.9. The first-order chi connectivity index (χ1) is 7.15. The standard InChI is InChI=1S/C10H17N3O2/c11-6-7(14)3-4-8(12)10(15)9-2-1-5-13-9/h1-2,5,7-8,13-14H,3-4,6,11-12H2/t7-,8+/m1/s1. The molecule has 0 saturated carbocycles. The van der Waals surface area contributed by atoms with E-state index in [0.29, 0.717) is 18.5 Å². The maximum Gasteiger partial charge on any atom is 0.195 e. The van der Waals surface area contributed by atoms with Crippen LogP contribution in [0.2, 0.25) is 0 Å². The normalized spacial score (nSPS) is 14.9. The van der Waals surface area contributed by atoms with E-state index in [9.17, 15) is 9.90 Å². The van der Waals surface area contributed by atoms with E-state index in [1.165, 1.54) is 0 Å². The smallest absolute Gasteiger partial charge is 0.195 e. The maximum atomic E-state index is 11.6. The predicted octanol–water partition coefficient (Wildman–Crippen LogP) is -0.375. The van der Waals surface area contributed by atoms with Gasteiger partial charge in [0.1, 0.15) is 0 Å². The van der Waals surface area contributed by atoms with Crippen molar-refractivity contribution in [3.63, 3.8) is 0 Å². The van der Waals surface area contributed by atoms with E-state index < -0.39 is 12.1 Å². The summed E-state index contributed by atoms with van der Waals surface area (Å²) in [4.78, 5) is 14.4. The van der Waals surface area contributed by atoms with Gasteiger partial charge < -0.3 is 21.6 Å². The van der Waals surface area contributed by atoms with Gasteiger partial charge in [-0.05, 0) is 25.0 Å². The van der Waals surface area contributed by atoms with Crippen molar-refractivity contribution < 1.29 is 9.90 Å². The van der Waals surface area contributed by atoms with Gasteiger partial charge in [-0.15, -0.1) is 0 Å². The molecule has 6 N–H and O–H groups in total. The number of ketones is 1. The number of hydrogen-bond donors (Lipinski definition) is 4. The Kier molecular flexibility index (Phi) is 4.48. The lowest BCUT2D eigenvalue weighted by Gasteiger charge is -2.12.